The molecular weight excluding hydrogens is 1290 g/mol. The van der Waals surface area contributed by atoms with E-state index in [0.717, 1.165) is 42.9 Å². The zero-order chi connectivity index (χ0) is 54.6. The Bertz CT molecular complexity index is 2710. The van der Waals surface area contributed by atoms with Crippen LogP contribution in [0.1, 0.15) is 48.9 Å². The number of aromatic nitrogens is 4. The summed E-state index contributed by atoms with van der Waals surface area (Å²) in [5.41, 5.74) is 7.68. The van der Waals surface area contributed by atoms with Crippen molar-refractivity contribution < 1.29 is 227 Å². The molecule has 5 N–H and O–H groups in total. The number of hydrogen-bond donors (Lipinski definition) is 3. The molecule has 2 aromatic carbocycles. The number of halogens is 11. The maximum absolute atomic E-state index is 14.8. The Labute approximate surface area is 545 Å². The summed E-state index contributed by atoms with van der Waals surface area (Å²) in [6.45, 7) is -1.61. The van der Waals surface area contributed by atoms with Gasteiger partial charge in [0.05, 0.1) is 24.8 Å². The molecule has 394 valence electrons. The average molecular weight is 1330 g/mol. The maximum atomic E-state index is 14.8. The number of ether oxygens (including phenoxy) is 5. The van der Waals surface area contributed by atoms with E-state index >= 15 is 0 Å². The van der Waals surface area contributed by atoms with E-state index in [4.69, 9.17) is 68.3 Å². The smallest absolute Gasteiger partial charge is 1.00 e. The molecule has 0 radical (unpaired) electrons. The zero-order valence-corrected chi connectivity index (χ0v) is 53.1. The normalized spacial score (nSPS) is 19.1. The third-order valence-corrected chi connectivity index (χ3v) is 9.63. The van der Waals surface area contributed by atoms with Crippen molar-refractivity contribution >= 4 is 53.9 Å². The van der Waals surface area contributed by atoms with Crippen molar-refractivity contribution in [2.75, 3.05) is 39.6 Å². The molecule has 2 aliphatic rings. The minimum absolute atomic E-state index is 0. The summed E-state index contributed by atoms with van der Waals surface area (Å²) < 4.78 is 160. The Morgan fingerprint density at radius 1 is 0.800 bits per heavy atom. The number of alkyl halides is 6. The molecule has 0 saturated carbocycles. The van der Waals surface area contributed by atoms with Crippen LogP contribution in [0.2, 0.25) is 5.15 Å². The van der Waals surface area contributed by atoms with Crippen molar-refractivity contribution in [3.8, 4) is 30.6 Å². The molecule has 75 heavy (non-hydrogen) atoms. The van der Waals surface area contributed by atoms with Gasteiger partial charge in [-0.15, -0.1) is 12.8 Å². The first-order valence-electron chi connectivity index (χ1n) is 20.1. The number of nitrogens with two attached hydrogens (primary N) is 2. The van der Waals surface area contributed by atoms with Gasteiger partial charge in [0, 0.05) is 11.1 Å². The molecule has 2 aliphatic heterocycles. The van der Waals surface area contributed by atoms with Crippen LogP contribution >= 0.6 is 11.6 Å². The van der Waals surface area contributed by atoms with Gasteiger partial charge in [-0.2, -0.15) is 26.3 Å². The summed E-state index contributed by atoms with van der Waals surface area (Å²) >= 11 is 5.62. The van der Waals surface area contributed by atoms with E-state index in [2.05, 4.69) is 47.2 Å². The fourth-order valence-electron chi connectivity index (χ4n) is 6.14. The Kier molecular flexibility index (Phi) is 30.7. The molecule has 4 atom stereocenters. The maximum Gasteiger partial charge on any atom is 1.00 e. The van der Waals surface area contributed by atoms with Crippen LogP contribution in [0, 0.1) is 36.3 Å². The standard InChI is InChI=1S/C22H19F5N4O3.C19H16ClF5N4O2.C3H4O.CH2O3.2Cs.H/c1-3-6-32-19-10-29-17(9-30-19)16(24)8-13-4-5-15(23)14(7-13)21(2)18(11-33-20(28)31-21)34-12-22(25,26)27;1-18(15(8-30-17(26)29-18)31-9-19(23,24)25)11-4-10(2-3-12(11)21)5-13(22)14-6-28-16(20)7-27-14;1-2-3-4;2-1-4-3;;;/h1,4-5,7-10,18H,6,11-12H2,2H3,(H2,28,31);2-7,15H,8-9H2,1H3,(H2,26,29);1,4H,3H2;1,3H;;;/q;;;;2*+1;-1/p-1/b16-8-;13-5-;;;;;/t18-,21+;15-,18+;;;;;/m00...../s1. The van der Waals surface area contributed by atoms with Gasteiger partial charge in [-0.3, -0.25) is 4.79 Å². The van der Waals surface area contributed by atoms with Gasteiger partial charge in [0.2, 0.25) is 5.88 Å². The second-order valence-electron chi connectivity index (χ2n) is 14.6. The van der Waals surface area contributed by atoms with Gasteiger partial charge in [0.15, 0.2) is 18.3 Å². The van der Waals surface area contributed by atoms with Gasteiger partial charge in [0.25, 0.3) is 18.5 Å². The SMILES string of the molecule is C#CCO.C#CCOc1cnc(/C(F)=C/c2ccc(F)c([C@@]3(C)N=C(N)OC[C@@H]3OCC(F)(F)F)c2)cn1.C[C@]1(c2cc(/C=C(\F)c3cnc(Cl)cn3)ccc2F)N=C(N)OC[C@@H]1OCC(F)(F)F.O=CO[O-].[Cs+].[Cs+].[H-]. The topological polar surface area (TPSA) is 244 Å². The number of aliphatic imine (C=N–C) groups is 2. The fraction of sp³-hybridized carbons (Fsp3) is 0.311. The molecule has 17 nitrogen and oxygen atoms in total. The van der Waals surface area contributed by atoms with E-state index in [9.17, 15) is 43.9 Å². The predicted octanol–water partition coefficient (Wildman–Crippen LogP) is 0.0143. The fourth-order valence-corrected chi connectivity index (χ4v) is 6.24. The molecule has 30 heteroatoms. The zero-order valence-electron chi connectivity index (χ0n) is 40.8. The molecule has 4 heterocycles. The van der Waals surface area contributed by atoms with E-state index in [0.29, 0.717) is 0 Å². The number of benzene rings is 2. The van der Waals surface area contributed by atoms with Crippen LogP contribution in [0.4, 0.5) is 43.9 Å². The van der Waals surface area contributed by atoms with E-state index in [1.54, 1.807) is 0 Å². The molecule has 0 fully saturated rings. The van der Waals surface area contributed by atoms with Gasteiger partial charge >= 0.3 is 150 Å². The van der Waals surface area contributed by atoms with E-state index in [-0.39, 0.29) is 229 Å². The first-order valence-corrected chi connectivity index (χ1v) is 20.5. The first-order chi connectivity index (χ1) is 34.3. The molecule has 4 aromatic rings. The van der Waals surface area contributed by atoms with Gasteiger partial charge in [-0.05, 0) is 61.4 Å². The summed E-state index contributed by atoms with van der Waals surface area (Å²) in [7, 11) is 0. The van der Waals surface area contributed by atoms with Crippen LogP contribution in [0.3, 0.4) is 0 Å². The van der Waals surface area contributed by atoms with E-state index in [1.807, 2.05) is 5.92 Å². The van der Waals surface area contributed by atoms with Gasteiger partial charge in [0.1, 0.15) is 84.5 Å². The number of nitrogens with zero attached hydrogens (tertiary/aromatic N) is 6. The summed E-state index contributed by atoms with van der Waals surface area (Å²) in [6, 6.07) is 6.42. The monoisotopic (exact) mass is 1330 g/mol. The van der Waals surface area contributed by atoms with Crippen LogP contribution in [0.5, 0.6) is 5.88 Å². The number of amidine groups is 2. The second-order valence-corrected chi connectivity index (χ2v) is 15.0. The van der Waals surface area contributed by atoms with Crippen LogP contribution in [0.25, 0.3) is 23.8 Å². The predicted molar refractivity (Wildman–Crippen MR) is 240 cm³/mol. The molecule has 6 rings (SSSR count). The quantitative estimate of drug-likeness (QED) is 0.0526. The van der Waals surface area contributed by atoms with Crippen molar-refractivity contribution in [3.63, 3.8) is 0 Å². The largest absolute Gasteiger partial charge is 1.00 e. The Morgan fingerprint density at radius 3 is 1.55 bits per heavy atom. The number of aliphatic hydroxyl groups is 1. The molecule has 0 spiro atoms. The summed E-state index contributed by atoms with van der Waals surface area (Å²) in [5.74, 6) is 1.16. The summed E-state index contributed by atoms with van der Waals surface area (Å²) in [6.07, 6.45) is 4.43. The molecule has 0 aliphatic carbocycles. The number of hydrogen-bond acceptors (Lipinski definition) is 17. The molecule has 2 aromatic heterocycles. The van der Waals surface area contributed by atoms with E-state index in [1.165, 1.54) is 44.3 Å². The molecule has 0 amide bonds. The molecule has 0 saturated heterocycles. The van der Waals surface area contributed by atoms with Gasteiger partial charge in [-0.1, -0.05) is 35.6 Å². The number of aliphatic hydroxyl groups excluding tert-OH is 1. The van der Waals surface area contributed by atoms with Crippen LogP contribution in [-0.4, -0.2) is 108 Å². The molecule has 0 bridgehead atoms. The summed E-state index contributed by atoms with van der Waals surface area (Å²) in [5, 5.41) is 16.1. The number of terminal acetylenes is 2. The van der Waals surface area contributed by atoms with Gasteiger partial charge < -0.3 is 51.8 Å². The van der Waals surface area contributed by atoms with Crippen LogP contribution < -0.4 is 159 Å². The Balaban J connectivity index is 0.00000126. The van der Waals surface area contributed by atoms with Crippen LogP contribution in [0.15, 0.2) is 71.2 Å². The second kappa shape index (κ2) is 33.1. The van der Waals surface area contributed by atoms with Crippen molar-refractivity contribution in [2.24, 2.45) is 21.5 Å². The minimum Gasteiger partial charge on any atom is -1.00 e. The average Bonchev–Trinajstić information content (AvgIpc) is 3.34. The molecule has 0 unspecified atom stereocenters. The number of carbonyl (C=O) groups excluding carboxylic acids is 1. The van der Waals surface area contributed by atoms with Crippen LogP contribution in [-0.2, 0) is 39.7 Å². The minimum atomic E-state index is -4.62. The number of rotatable bonds is 13. The third-order valence-electron chi connectivity index (χ3n) is 9.43. The van der Waals surface area contributed by atoms with Crippen molar-refractivity contribution in [1.29, 1.82) is 0 Å². The molecular formula is C45H41ClCs2F10N8O9. The Morgan fingerprint density at radius 2 is 1.21 bits per heavy atom. The van der Waals surface area contributed by atoms with Crippen molar-refractivity contribution in [1.82, 2.24) is 19.9 Å². The number of carbonyl (C=O) groups is 1. The van der Waals surface area contributed by atoms with Crippen molar-refractivity contribution in [3.05, 3.63) is 112 Å². The Hall–Kier alpha value is -3.46. The first kappa shape index (κ1) is 69.6. The third kappa shape index (κ3) is 22.8. The summed E-state index contributed by atoms with van der Waals surface area (Å²) in [4.78, 5) is 34.6. The van der Waals surface area contributed by atoms with Gasteiger partial charge in [-0.25, -0.2) is 47.5 Å². The van der Waals surface area contributed by atoms with E-state index < -0.39 is 72.1 Å². The van der Waals surface area contributed by atoms with Crippen molar-refractivity contribution in [2.45, 2.75) is 49.5 Å².